The van der Waals surface area contributed by atoms with E-state index in [1.807, 2.05) is 19.1 Å². The first-order chi connectivity index (χ1) is 10.2. The Bertz CT molecular complexity index is 784. The molecule has 0 atom stereocenters. The Kier molecular flexibility index (Phi) is 4.25. The molecule has 4 nitrogen and oxygen atoms in total. The van der Waals surface area contributed by atoms with Gasteiger partial charge in [0.2, 0.25) is 5.95 Å². The molecule has 0 amide bonds. The predicted octanol–water partition coefficient (Wildman–Crippen LogP) is 4.78. The number of nitrogens with one attached hydrogen (secondary N) is 2. The average Bonchev–Trinajstić information content (AvgIpc) is 2.82. The molecule has 2 aromatic heterocycles. The van der Waals surface area contributed by atoms with Gasteiger partial charge in [0.25, 0.3) is 0 Å². The van der Waals surface area contributed by atoms with Crippen LogP contribution in [0.4, 0.5) is 17.5 Å². The van der Waals surface area contributed by atoms with Gasteiger partial charge in [0.05, 0.1) is 11.1 Å². The van der Waals surface area contributed by atoms with Crippen LogP contribution in [0.15, 0.2) is 30.3 Å². The van der Waals surface area contributed by atoms with Crippen molar-refractivity contribution in [1.29, 1.82) is 0 Å². The molecule has 1 aromatic carbocycles. The van der Waals surface area contributed by atoms with E-state index in [0.29, 0.717) is 5.95 Å². The molecule has 3 aromatic rings. The molecule has 2 heterocycles. The Balaban J connectivity index is 2.09. The van der Waals surface area contributed by atoms with E-state index in [-0.39, 0.29) is 0 Å². The molecule has 21 heavy (non-hydrogen) atoms. The van der Waals surface area contributed by atoms with Gasteiger partial charge in [0.15, 0.2) is 0 Å². The molecule has 0 spiro atoms. The van der Waals surface area contributed by atoms with Crippen LogP contribution in [0.25, 0.3) is 10.2 Å². The lowest BCUT2D eigenvalue weighted by molar-refractivity contribution is 1.11. The minimum absolute atomic E-state index is 0.667. The van der Waals surface area contributed by atoms with Crippen molar-refractivity contribution in [2.24, 2.45) is 0 Å². The Hall–Kier alpha value is -1.41. The number of halogens is 1. The zero-order valence-electron chi connectivity index (χ0n) is 11.8. The molecule has 0 fully saturated rings. The molecule has 0 saturated heterocycles. The van der Waals surface area contributed by atoms with Crippen LogP contribution in [0.5, 0.6) is 0 Å². The summed E-state index contributed by atoms with van der Waals surface area (Å²) in [4.78, 5) is 11.4. The summed E-state index contributed by atoms with van der Waals surface area (Å²) in [6.07, 6.45) is 0. The number of anilines is 3. The summed E-state index contributed by atoms with van der Waals surface area (Å²) in [6, 6.07) is 10.3. The minimum Gasteiger partial charge on any atom is -0.354 e. The van der Waals surface area contributed by atoms with Crippen LogP contribution in [0.1, 0.15) is 11.8 Å². The normalized spacial score (nSPS) is 10.8. The van der Waals surface area contributed by atoms with Crippen LogP contribution in [-0.2, 0) is 0 Å². The highest BCUT2D eigenvalue weighted by Crippen LogP contribution is 2.32. The Labute approximate surface area is 141 Å². The summed E-state index contributed by atoms with van der Waals surface area (Å²) in [7, 11) is 0. The number of benzene rings is 1. The lowest BCUT2D eigenvalue weighted by atomic mass is 10.3. The van der Waals surface area contributed by atoms with Gasteiger partial charge in [-0.2, -0.15) is 4.98 Å². The molecule has 108 valence electrons. The van der Waals surface area contributed by atoms with Crippen molar-refractivity contribution < 1.29 is 0 Å². The second-order valence-corrected chi connectivity index (χ2v) is 7.00. The second kappa shape index (κ2) is 6.15. The molecule has 0 saturated carbocycles. The number of hydrogen-bond donors (Lipinski definition) is 2. The first kappa shape index (κ1) is 14.5. The van der Waals surface area contributed by atoms with Crippen LogP contribution < -0.4 is 10.6 Å². The van der Waals surface area contributed by atoms with Gasteiger partial charge in [0, 0.05) is 15.0 Å². The highest BCUT2D eigenvalue weighted by atomic mass is 127. The topological polar surface area (TPSA) is 49.8 Å². The highest BCUT2D eigenvalue weighted by Gasteiger charge is 2.11. The SMILES string of the molecule is CCNc1nc(Nc2ccccc2I)c2cc(C)sc2n1. The monoisotopic (exact) mass is 410 g/mol. The van der Waals surface area contributed by atoms with E-state index in [9.17, 15) is 0 Å². The van der Waals surface area contributed by atoms with Crippen molar-refractivity contribution in [3.05, 3.63) is 38.8 Å². The zero-order valence-corrected chi connectivity index (χ0v) is 14.7. The summed E-state index contributed by atoms with van der Waals surface area (Å²) in [5.74, 6) is 1.52. The lowest BCUT2D eigenvalue weighted by Gasteiger charge is -2.10. The molecule has 2 N–H and O–H groups in total. The van der Waals surface area contributed by atoms with Crippen molar-refractivity contribution >= 4 is 61.6 Å². The Morgan fingerprint density at radius 3 is 2.81 bits per heavy atom. The van der Waals surface area contributed by atoms with Gasteiger partial charge in [-0.05, 0) is 54.6 Å². The maximum absolute atomic E-state index is 4.61. The summed E-state index contributed by atoms with van der Waals surface area (Å²) < 4.78 is 1.17. The summed E-state index contributed by atoms with van der Waals surface area (Å²) >= 11 is 4.01. The number of hydrogen-bond acceptors (Lipinski definition) is 5. The van der Waals surface area contributed by atoms with Crippen LogP contribution in [0.2, 0.25) is 0 Å². The van der Waals surface area contributed by atoms with Gasteiger partial charge in [-0.3, -0.25) is 0 Å². The van der Waals surface area contributed by atoms with Crippen molar-refractivity contribution in [2.45, 2.75) is 13.8 Å². The van der Waals surface area contributed by atoms with E-state index in [0.717, 1.165) is 28.3 Å². The van der Waals surface area contributed by atoms with Gasteiger partial charge in [-0.25, -0.2) is 4.98 Å². The standard InChI is InChI=1S/C15H15IN4S/c1-3-17-15-19-13(10-8-9(2)21-14(10)20-15)18-12-7-5-4-6-11(12)16/h4-8H,3H2,1-2H3,(H2,17,18,19,20). The molecule has 0 aliphatic rings. The maximum atomic E-state index is 4.61. The second-order valence-electron chi connectivity index (χ2n) is 4.61. The third kappa shape index (κ3) is 3.11. The maximum Gasteiger partial charge on any atom is 0.226 e. The number of thiophene rings is 1. The lowest BCUT2D eigenvalue weighted by Crippen LogP contribution is -2.04. The summed E-state index contributed by atoms with van der Waals surface area (Å²) in [6.45, 7) is 4.94. The number of aryl methyl sites for hydroxylation is 1. The number of nitrogens with zero attached hydrogens (tertiary/aromatic N) is 2. The predicted molar refractivity (Wildman–Crippen MR) is 98.8 cm³/mol. The van der Waals surface area contributed by atoms with Crippen molar-refractivity contribution in [3.8, 4) is 0 Å². The number of aromatic nitrogens is 2. The van der Waals surface area contributed by atoms with Crippen molar-refractivity contribution in [3.63, 3.8) is 0 Å². The van der Waals surface area contributed by atoms with Gasteiger partial charge in [-0.15, -0.1) is 11.3 Å². The smallest absolute Gasteiger partial charge is 0.226 e. The fraction of sp³-hybridized carbons (Fsp3) is 0.200. The fourth-order valence-electron chi connectivity index (χ4n) is 2.06. The molecule has 6 heteroatoms. The number of para-hydroxylation sites is 1. The van der Waals surface area contributed by atoms with Gasteiger partial charge < -0.3 is 10.6 Å². The first-order valence-electron chi connectivity index (χ1n) is 6.71. The molecule has 0 aliphatic carbocycles. The summed E-state index contributed by atoms with van der Waals surface area (Å²) in [5.41, 5.74) is 1.06. The first-order valence-corrected chi connectivity index (χ1v) is 8.60. The van der Waals surface area contributed by atoms with Crippen molar-refractivity contribution in [2.75, 3.05) is 17.2 Å². The number of rotatable bonds is 4. The van der Waals surface area contributed by atoms with E-state index in [1.54, 1.807) is 11.3 Å². The Morgan fingerprint density at radius 1 is 1.24 bits per heavy atom. The average molecular weight is 410 g/mol. The van der Waals surface area contributed by atoms with E-state index >= 15 is 0 Å². The van der Waals surface area contributed by atoms with Crippen molar-refractivity contribution in [1.82, 2.24) is 9.97 Å². The number of fused-ring (bicyclic) bond motifs is 1. The third-order valence-corrected chi connectivity index (χ3v) is 4.86. The highest BCUT2D eigenvalue weighted by molar-refractivity contribution is 14.1. The van der Waals surface area contributed by atoms with Gasteiger partial charge in [0.1, 0.15) is 10.6 Å². The quantitative estimate of drug-likeness (QED) is 0.608. The minimum atomic E-state index is 0.667. The molecule has 0 unspecified atom stereocenters. The van der Waals surface area contributed by atoms with E-state index in [1.165, 1.54) is 8.45 Å². The van der Waals surface area contributed by atoms with Gasteiger partial charge in [-0.1, -0.05) is 12.1 Å². The van der Waals surface area contributed by atoms with E-state index < -0.39 is 0 Å². The van der Waals surface area contributed by atoms with Crippen LogP contribution >= 0.6 is 33.9 Å². The fourth-order valence-corrected chi connectivity index (χ4v) is 3.47. The largest absolute Gasteiger partial charge is 0.354 e. The third-order valence-electron chi connectivity index (χ3n) is 2.98. The van der Waals surface area contributed by atoms with E-state index in [4.69, 9.17) is 0 Å². The molecule has 3 rings (SSSR count). The zero-order chi connectivity index (χ0) is 14.8. The molecule has 0 bridgehead atoms. The Morgan fingerprint density at radius 2 is 2.05 bits per heavy atom. The van der Waals surface area contributed by atoms with Crippen LogP contribution in [0, 0.1) is 10.5 Å². The molecular formula is C15H15IN4S. The molecular weight excluding hydrogens is 395 g/mol. The van der Waals surface area contributed by atoms with Crippen LogP contribution in [0.3, 0.4) is 0 Å². The molecule has 0 radical (unpaired) electrons. The van der Waals surface area contributed by atoms with E-state index in [2.05, 4.69) is 68.3 Å². The summed E-state index contributed by atoms with van der Waals surface area (Å²) in [5, 5.41) is 7.70. The van der Waals surface area contributed by atoms with Gasteiger partial charge >= 0.3 is 0 Å². The molecule has 0 aliphatic heterocycles. The van der Waals surface area contributed by atoms with Crippen LogP contribution in [-0.4, -0.2) is 16.5 Å².